The van der Waals surface area contributed by atoms with Gasteiger partial charge in [0, 0.05) is 13.1 Å². The van der Waals surface area contributed by atoms with E-state index in [9.17, 15) is 14.0 Å². The van der Waals surface area contributed by atoms with Crippen LogP contribution in [0.4, 0.5) is 4.39 Å². The van der Waals surface area contributed by atoms with Crippen LogP contribution >= 0.6 is 11.8 Å². The number of nitrogens with one attached hydrogen (secondary N) is 1. The fourth-order valence-electron chi connectivity index (χ4n) is 2.52. The Kier molecular flexibility index (Phi) is 5.68. The van der Waals surface area contributed by atoms with Gasteiger partial charge in [-0.25, -0.2) is 9.37 Å². The molecule has 0 unspecified atom stereocenters. The molecule has 0 saturated carbocycles. The maximum Gasteiger partial charge on any atom is 0.262 e. The highest BCUT2D eigenvalue weighted by molar-refractivity contribution is 7.99. The largest absolute Gasteiger partial charge is 0.351 e. The van der Waals surface area contributed by atoms with Gasteiger partial charge in [-0.3, -0.25) is 14.2 Å². The molecule has 0 saturated heterocycles. The summed E-state index contributed by atoms with van der Waals surface area (Å²) in [5.41, 5.74) is 1.34. The lowest BCUT2D eigenvalue weighted by atomic mass is 10.2. The topological polar surface area (TPSA) is 64.0 Å². The smallest absolute Gasteiger partial charge is 0.262 e. The number of amides is 1. The fourth-order valence-corrected chi connectivity index (χ4v) is 3.41. The van der Waals surface area contributed by atoms with E-state index in [1.807, 2.05) is 13.0 Å². The first-order valence-electron chi connectivity index (χ1n) is 8.22. The van der Waals surface area contributed by atoms with Crippen molar-refractivity contribution in [2.45, 2.75) is 25.2 Å². The fraction of sp³-hybridized carbons (Fsp3) is 0.211. The molecular formula is C19H18FN3O2S. The number of para-hydroxylation sites is 1. The molecule has 26 heavy (non-hydrogen) atoms. The second kappa shape index (κ2) is 8.14. The van der Waals surface area contributed by atoms with E-state index >= 15 is 0 Å². The summed E-state index contributed by atoms with van der Waals surface area (Å²) in [5, 5.41) is 3.87. The van der Waals surface area contributed by atoms with Gasteiger partial charge in [0.15, 0.2) is 5.16 Å². The Hall–Kier alpha value is -2.67. The Balaban J connectivity index is 1.68. The Morgan fingerprint density at radius 1 is 1.19 bits per heavy atom. The van der Waals surface area contributed by atoms with E-state index in [4.69, 9.17) is 0 Å². The second-order valence-corrected chi connectivity index (χ2v) is 6.60. The summed E-state index contributed by atoms with van der Waals surface area (Å²) in [5.74, 6) is -0.341. The van der Waals surface area contributed by atoms with Crippen molar-refractivity contribution in [2.75, 3.05) is 5.75 Å². The molecule has 1 amide bonds. The molecule has 1 aromatic heterocycles. The number of carbonyl (C=O) groups is 1. The van der Waals surface area contributed by atoms with Crippen molar-refractivity contribution in [1.29, 1.82) is 0 Å². The predicted molar refractivity (Wildman–Crippen MR) is 101 cm³/mol. The van der Waals surface area contributed by atoms with Crippen molar-refractivity contribution >= 4 is 28.6 Å². The lowest BCUT2D eigenvalue weighted by molar-refractivity contribution is -0.118. The molecule has 1 N–H and O–H groups in total. The van der Waals surface area contributed by atoms with Crippen molar-refractivity contribution in [3.63, 3.8) is 0 Å². The molecule has 0 spiro atoms. The minimum atomic E-state index is -0.310. The number of rotatable bonds is 6. The van der Waals surface area contributed by atoms with Crippen LogP contribution in [0.5, 0.6) is 0 Å². The van der Waals surface area contributed by atoms with E-state index in [0.29, 0.717) is 29.1 Å². The second-order valence-electron chi connectivity index (χ2n) is 5.65. The number of halogens is 1. The Morgan fingerprint density at radius 2 is 1.92 bits per heavy atom. The van der Waals surface area contributed by atoms with Crippen molar-refractivity contribution < 1.29 is 9.18 Å². The van der Waals surface area contributed by atoms with Gasteiger partial charge in [0.25, 0.3) is 5.56 Å². The molecule has 0 fully saturated rings. The van der Waals surface area contributed by atoms with E-state index in [0.717, 1.165) is 5.56 Å². The van der Waals surface area contributed by atoms with Crippen molar-refractivity contribution in [1.82, 2.24) is 14.9 Å². The van der Waals surface area contributed by atoms with Crippen LogP contribution < -0.4 is 10.9 Å². The third-order valence-corrected chi connectivity index (χ3v) is 4.85. The zero-order valence-corrected chi connectivity index (χ0v) is 15.1. The van der Waals surface area contributed by atoms with Gasteiger partial charge in [-0.05, 0) is 36.8 Å². The third-order valence-electron chi connectivity index (χ3n) is 3.88. The normalized spacial score (nSPS) is 10.8. The lowest BCUT2D eigenvalue weighted by Crippen LogP contribution is -2.26. The quantitative estimate of drug-likeness (QED) is 0.534. The van der Waals surface area contributed by atoms with E-state index in [-0.39, 0.29) is 23.0 Å². The lowest BCUT2D eigenvalue weighted by Gasteiger charge is -2.11. The van der Waals surface area contributed by atoms with E-state index in [1.54, 1.807) is 34.9 Å². The van der Waals surface area contributed by atoms with E-state index < -0.39 is 0 Å². The van der Waals surface area contributed by atoms with E-state index in [1.165, 1.54) is 23.9 Å². The first kappa shape index (κ1) is 18.1. The van der Waals surface area contributed by atoms with Crippen LogP contribution in [0.3, 0.4) is 0 Å². The summed E-state index contributed by atoms with van der Waals surface area (Å²) < 4.78 is 14.5. The Labute approximate surface area is 154 Å². The summed E-state index contributed by atoms with van der Waals surface area (Å²) in [6.45, 7) is 2.68. The van der Waals surface area contributed by atoms with Crippen LogP contribution in [-0.2, 0) is 17.9 Å². The minimum absolute atomic E-state index is 0.104. The summed E-state index contributed by atoms with van der Waals surface area (Å²) in [6.07, 6.45) is 0. The number of aromatic nitrogens is 2. The number of carbonyl (C=O) groups excluding carboxylic acids is 1. The number of thioether (sulfide) groups is 1. The third kappa shape index (κ3) is 4.11. The molecule has 0 aliphatic rings. The van der Waals surface area contributed by atoms with Gasteiger partial charge in [0.05, 0.1) is 16.7 Å². The Morgan fingerprint density at radius 3 is 2.65 bits per heavy atom. The summed E-state index contributed by atoms with van der Waals surface area (Å²) in [4.78, 5) is 29.1. The van der Waals surface area contributed by atoms with Crippen molar-refractivity contribution in [3.8, 4) is 0 Å². The van der Waals surface area contributed by atoms with Gasteiger partial charge in [0.2, 0.25) is 5.91 Å². The first-order chi connectivity index (χ1) is 12.6. The average molecular weight is 371 g/mol. The molecule has 1 heterocycles. The van der Waals surface area contributed by atoms with Crippen LogP contribution in [0, 0.1) is 5.82 Å². The van der Waals surface area contributed by atoms with Gasteiger partial charge in [-0.2, -0.15) is 0 Å². The molecule has 7 heteroatoms. The predicted octanol–water partition coefficient (Wildman–Crippen LogP) is 2.96. The number of fused-ring (bicyclic) bond motifs is 1. The highest BCUT2D eigenvalue weighted by Gasteiger charge is 2.12. The summed E-state index contributed by atoms with van der Waals surface area (Å²) >= 11 is 1.23. The molecule has 0 aliphatic heterocycles. The molecule has 5 nitrogen and oxygen atoms in total. The molecule has 0 bridgehead atoms. The Bertz CT molecular complexity index is 986. The zero-order valence-electron chi connectivity index (χ0n) is 14.2. The molecule has 3 aromatic rings. The van der Waals surface area contributed by atoms with Crippen LogP contribution in [0.15, 0.2) is 58.5 Å². The van der Waals surface area contributed by atoms with Gasteiger partial charge in [-0.15, -0.1) is 0 Å². The standard InChI is InChI=1S/C19H18FN3O2S/c1-2-23-18(25)15-5-3-4-6-16(15)22-19(23)26-12-17(24)21-11-13-7-9-14(20)10-8-13/h3-10H,2,11-12H2,1H3,(H,21,24). The van der Waals surface area contributed by atoms with Gasteiger partial charge in [-0.1, -0.05) is 36.0 Å². The summed E-state index contributed by atoms with van der Waals surface area (Å²) in [7, 11) is 0. The molecular weight excluding hydrogens is 353 g/mol. The number of hydrogen-bond acceptors (Lipinski definition) is 4. The maximum absolute atomic E-state index is 12.9. The van der Waals surface area contributed by atoms with Crippen molar-refractivity contribution in [3.05, 3.63) is 70.3 Å². The molecule has 134 valence electrons. The number of nitrogens with zero attached hydrogens (tertiary/aromatic N) is 2. The van der Waals surface area contributed by atoms with Gasteiger partial charge in [0.1, 0.15) is 5.82 Å². The first-order valence-corrected chi connectivity index (χ1v) is 9.20. The average Bonchev–Trinajstić information content (AvgIpc) is 2.66. The molecule has 0 atom stereocenters. The molecule has 0 radical (unpaired) electrons. The molecule has 2 aromatic carbocycles. The van der Waals surface area contributed by atoms with Crippen molar-refractivity contribution in [2.24, 2.45) is 0 Å². The van der Waals surface area contributed by atoms with Gasteiger partial charge >= 0.3 is 0 Å². The van der Waals surface area contributed by atoms with Gasteiger partial charge < -0.3 is 5.32 Å². The SMILES string of the molecule is CCn1c(SCC(=O)NCc2ccc(F)cc2)nc2ccccc2c1=O. The molecule has 3 rings (SSSR count). The van der Waals surface area contributed by atoms with E-state index in [2.05, 4.69) is 10.3 Å². The van der Waals surface area contributed by atoms with Crippen LogP contribution in [0.25, 0.3) is 10.9 Å². The number of benzene rings is 2. The van der Waals surface area contributed by atoms with Crippen LogP contribution in [0.1, 0.15) is 12.5 Å². The molecule has 0 aliphatic carbocycles. The summed E-state index contributed by atoms with van der Waals surface area (Å²) in [6, 6.07) is 13.1. The van der Waals surface area contributed by atoms with Crippen LogP contribution in [-0.4, -0.2) is 21.2 Å². The highest BCUT2D eigenvalue weighted by atomic mass is 32.2. The highest BCUT2D eigenvalue weighted by Crippen LogP contribution is 2.17. The maximum atomic E-state index is 12.9. The minimum Gasteiger partial charge on any atom is -0.351 e. The zero-order chi connectivity index (χ0) is 18.5. The van der Waals surface area contributed by atoms with Crippen LogP contribution in [0.2, 0.25) is 0 Å². The number of hydrogen-bond donors (Lipinski definition) is 1. The monoisotopic (exact) mass is 371 g/mol.